The predicted molar refractivity (Wildman–Crippen MR) is 106 cm³/mol. The van der Waals surface area contributed by atoms with Crippen LogP contribution in [0.4, 0.5) is 11.4 Å². The maximum atomic E-state index is 12.4. The molecule has 0 bridgehead atoms. The van der Waals surface area contributed by atoms with E-state index in [9.17, 15) is 8.42 Å². The van der Waals surface area contributed by atoms with Crippen LogP contribution in [0.2, 0.25) is 5.02 Å². The van der Waals surface area contributed by atoms with Gasteiger partial charge in [-0.15, -0.1) is 0 Å². The summed E-state index contributed by atoms with van der Waals surface area (Å²) in [5.74, 6) is -0.114. The zero-order chi connectivity index (χ0) is 18.6. The zero-order valence-electron chi connectivity index (χ0n) is 14.7. The van der Waals surface area contributed by atoms with Crippen LogP contribution in [0, 0.1) is 0 Å². The van der Waals surface area contributed by atoms with Crippen LogP contribution in [0.5, 0.6) is 0 Å². The molecule has 3 rings (SSSR count). The van der Waals surface area contributed by atoms with Crippen LogP contribution in [0.3, 0.4) is 0 Å². The average molecular weight is 395 g/mol. The molecule has 26 heavy (non-hydrogen) atoms. The summed E-state index contributed by atoms with van der Waals surface area (Å²) < 4.78 is 32.8. The van der Waals surface area contributed by atoms with E-state index in [-0.39, 0.29) is 11.9 Å². The molecule has 0 spiro atoms. The third kappa shape index (κ3) is 5.13. The fourth-order valence-electron chi connectivity index (χ4n) is 3.17. The molecular formula is C19H23ClN2O3S. The molecule has 0 saturated carbocycles. The average Bonchev–Trinajstić information content (AvgIpc) is 2.61. The number of hydrogen-bond acceptors (Lipinski definition) is 4. The van der Waals surface area contributed by atoms with Gasteiger partial charge in [0, 0.05) is 36.6 Å². The molecule has 2 aromatic carbocycles. The largest absolute Gasteiger partial charge is 0.380 e. The van der Waals surface area contributed by atoms with Gasteiger partial charge in [-0.3, -0.25) is 4.72 Å². The summed E-state index contributed by atoms with van der Waals surface area (Å²) in [6.07, 6.45) is 2.42. The smallest absolute Gasteiger partial charge is 0.236 e. The summed E-state index contributed by atoms with van der Waals surface area (Å²) in [5, 5.41) is 0.526. The third-order valence-corrected chi connectivity index (χ3v) is 5.96. The molecule has 2 aromatic rings. The normalized spacial score (nSPS) is 17.9. The molecule has 1 aliphatic rings. The van der Waals surface area contributed by atoms with E-state index in [4.69, 9.17) is 16.3 Å². The van der Waals surface area contributed by atoms with E-state index in [2.05, 4.69) is 9.62 Å². The minimum atomic E-state index is -3.50. The first-order valence-corrected chi connectivity index (χ1v) is 10.6. The summed E-state index contributed by atoms with van der Waals surface area (Å²) in [5.41, 5.74) is 2.28. The highest BCUT2D eigenvalue weighted by molar-refractivity contribution is 7.91. The van der Waals surface area contributed by atoms with Gasteiger partial charge in [0.15, 0.2) is 0 Å². The molecule has 1 heterocycles. The lowest BCUT2D eigenvalue weighted by molar-refractivity contribution is 0.0893. The van der Waals surface area contributed by atoms with Gasteiger partial charge >= 0.3 is 0 Å². The fourth-order valence-corrected chi connectivity index (χ4v) is 4.57. The molecule has 7 heteroatoms. The number of rotatable bonds is 6. The van der Waals surface area contributed by atoms with Crippen molar-refractivity contribution in [2.75, 3.05) is 29.8 Å². The van der Waals surface area contributed by atoms with Crippen molar-refractivity contribution in [2.45, 2.75) is 24.7 Å². The number of benzene rings is 2. The topological polar surface area (TPSA) is 58.6 Å². The Balaban J connectivity index is 1.65. The van der Waals surface area contributed by atoms with E-state index in [0.717, 1.165) is 31.6 Å². The molecule has 140 valence electrons. The van der Waals surface area contributed by atoms with Crippen LogP contribution >= 0.6 is 11.6 Å². The third-order valence-electron chi connectivity index (χ3n) is 4.46. The highest BCUT2D eigenvalue weighted by Crippen LogP contribution is 2.24. The van der Waals surface area contributed by atoms with E-state index >= 15 is 0 Å². The SMILES string of the molecule is CO[C@@H]1CCCN(c2ccc(NS(=O)(=O)Cc3cccc(Cl)c3)cc2)C1. The zero-order valence-corrected chi connectivity index (χ0v) is 16.3. The Morgan fingerprint density at radius 2 is 2.00 bits per heavy atom. The van der Waals surface area contributed by atoms with Gasteiger partial charge in [0.25, 0.3) is 0 Å². The van der Waals surface area contributed by atoms with E-state index in [1.807, 2.05) is 12.1 Å². The number of piperidine rings is 1. The lowest BCUT2D eigenvalue weighted by atomic mass is 10.1. The maximum absolute atomic E-state index is 12.4. The second kappa shape index (κ2) is 8.29. The van der Waals surface area contributed by atoms with E-state index in [0.29, 0.717) is 16.3 Å². The molecule has 0 radical (unpaired) electrons. The van der Waals surface area contributed by atoms with Gasteiger partial charge in [-0.2, -0.15) is 0 Å². The summed E-state index contributed by atoms with van der Waals surface area (Å²) in [7, 11) is -1.76. The van der Waals surface area contributed by atoms with Crippen molar-refractivity contribution in [3.8, 4) is 0 Å². The molecule has 1 fully saturated rings. The highest BCUT2D eigenvalue weighted by Gasteiger charge is 2.20. The number of halogens is 1. The summed E-state index contributed by atoms with van der Waals surface area (Å²) in [6, 6.07) is 14.3. The van der Waals surface area contributed by atoms with Crippen molar-refractivity contribution in [3.63, 3.8) is 0 Å². The first kappa shape index (κ1) is 19.0. The van der Waals surface area contributed by atoms with Crippen LogP contribution in [0.1, 0.15) is 18.4 Å². The number of anilines is 2. The van der Waals surface area contributed by atoms with Gasteiger partial charge in [-0.25, -0.2) is 8.42 Å². The minimum absolute atomic E-state index is 0.114. The lowest BCUT2D eigenvalue weighted by Gasteiger charge is -2.33. The molecule has 0 aliphatic carbocycles. The molecule has 0 unspecified atom stereocenters. The van der Waals surface area contributed by atoms with Crippen LogP contribution in [-0.2, 0) is 20.5 Å². The molecule has 0 amide bonds. The minimum Gasteiger partial charge on any atom is -0.380 e. The van der Waals surface area contributed by atoms with Gasteiger partial charge in [-0.1, -0.05) is 23.7 Å². The Labute approximate surface area is 160 Å². The van der Waals surface area contributed by atoms with Crippen LogP contribution in [0.25, 0.3) is 0 Å². The first-order valence-electron chi connectivity index (χ1n) is 8.58. The standard InChI is InChI=1S/C19H23ClN2O3S/c1-25-19-6-3-11-22(13-19)18-9-7-17(8-10-18)21-26(23,24)14-15-4-2-5-16(20)12-15/h2,4-5,7-10,12,19,21H,3,6,11,13-14H2,1H3/t19-/m1/s1. The number of nitrogens with one attached hydrogen (secondary N) is 1. The molecule has 1 saturated heterocycles. The summed E-state index contributed by atoms with van der Waals surface area (Å²) in [4.78, 5) is 2.27. The number of hydrogen-bond donors (Lipinski definition) is 1. The van der Waals surface area contributed by atoms with Crippen molar-refractivity contribution in [1.29, 1.82) is 0 Å². The number of nitrogens with zero attached hydrogens (tertiary/aromatic N) is 1. The maximum Gasteiger partial charge on any atom is 0.236 e. The Bertz CT molecular complexity index is 840. The van der Waals surface area contributed by atoms with Crippen LogP contribution in [-0.4, -0.2) is 34.7 Å². The van der Waals surface area contributed by atoms with Gasteiger partial charge in [0.1, 0.15) is 0 Å². The van der Waals surface area contributed by atoms with Gasteiger partial charge in [0.05, 0.1) is 11.9 Å². The molecule has 1 aliphatic heterocycles. The fraction of sp³-hybridized carbons (Fsp3) is 0.368. The van der Waals surface area contributed by atoms with Crippen molar-refractivity contribution in [2.24, 2.45) is 0 Å². The number of ether oxygens (including phenoxy) is 1. The molecule has 5 nitrogen and oxygen atoms in total. The van der Waals surface area contributed by atoms with Crippen molar-refractivity contribution in [1.82, 2.24) is 0 Å². The number of sulfonamides is 1. The van der Waals surface area contributed by atoms with Crippen molar-refractivity contribution >= 4 is 33.0 Å². The van der Waals surface area contributed by atoms with Crippen molar-refractivity contribution in [3.05, 3.63) is 59.1 Å². The summed E-state index contributed by atoms with van der Waals surface area (Å²) >= 11 is 5.92. The molecule has 0 aromatic heterocycles. The first-order chi connectivity index (χ1) is 12.4. The van der Waals surface area contributed by atoms with E-state index in [1.54, 1.807) is 43.5 Å². The van der Waals surface area contributed by atoms with E-state index in [1.165, 1.54) is 0 Å². The van der Waals surface area contributed by atoms with Crippen LogP contribution < -0.4 is 9.62 Å². The molecule has 1 atom stereocenters. The van der Waals surface area contributed by atoms with Crippen LogP contribution in [0.15, 0.2) is 48.5 Å². The Morgan fingerprint density at radius 1 is 1.23 bits per heavy atom. The Hall–Kier alpha value is -1.76. The van der Waals surface area contributed by atoms with E-state index < -0.39 is 10.0 Å². The van der Waals surface area contributed by atoms with Gasteiger partial charge < -0.3 is 9.64 Å². The number of methoxy groups -OCH3 is 1. The molecular weight excluding hydrogens is 372 g/mol. The molecule has 1 N–H and O–H groups in total. The van der Waals surface area contributed by atoms with Crippen molar-refractivity contribution < 1.29 is 13.2 Å². The lowest BCUT2D eigenvalue weighted by Crippen LogP contribution is -2.39. The second-order valence-electron chi connectivity index (χ2n) is 6.48. The Morgan fingerprint density at radius 3 is 2.69 bits per heavy atom. The second-order valence-corrected chi connectivity index (χ2v) is 8.64. The monoisotopic (exact) mass is 394 g/mol. The quantitative estimate of drug-likeness (QED) is 0.807. The summed E-state index contributed by atoms with van der Waals surface area (Å²) in [6.45, 7) is 1.84. The van der Waals surface area contributed by atoms with Gasteiger partial charge in [0.2, 0.25) is 10.0 Å². The Kier molecular flexibility index (Phi) is 6.06. The highest BCUT2D eigenvalue weighted by atomic mass is 35.5. The van der Waals surface area contributed by atoms with Gasteiger partial charge in [-0.05, 0) is 54.8 Å². The predicted octanol–water partition coefficient (Wildman–Crippen LogP) is 3.90.